The van der Waals surface area contributed by atoms with E-state index in [9.17, 15) is 17.6 Å². The molecule has 4 rings (SSSR count). The van der Waals surface area contributed by atoms with Crippen LogP contribution in [0.3, 0.4) is 0 Å². The molecular formula is C25H23F4NO2. The number of benzene rings is 3. The van der Waals surface area contributed by atoms with E-state index in [1.807, 2.05) is 24.3 Å². The number of ether oxygens (including phenoxy) is 2. The lowest BCUT2D eigenvalue weighted by atomic mass is 9.90. The van der Waals surface area contributed by atoms with E-state index in [0.29, 0.717) is 30.7 Å². The first-order valence-corrected chi connectivity index (χ1v) is 10.3. The number of alkyl halides is 3. The SMILES string of the molecule is NCCC1(COCc2cc(-c3cccc(F)c3)cc(C(F)(F)F)c2)OCc2ccccc21. The summed E-state index contributed by atoms with van der Waals surface area (Å²) in [6, 6.07) is 16.9. The molecule has 0 radical (unpaired) electrons. The van der Waals surface area contributed by atoms with Crippen LogP contribution in [0.2, 0.25) is 0 Å². The molecule has 0 bridgehead atoms. The molecule has 0 saturated heterocycles. The standard InChI is InChI=1S/C25H23F4NO2/c26-22-6-3-5-18(13-22)20-10-17(11-21(12-20)25(27,28)29)14-31-16-24(8-9-30)23-7-2-1-4-19(23)15-32-24/h1-7,10-13H,8-9,14-16,30H2. The Morgan fingerprint density at radius 3 is 2.53 bits per heavy atom. The van der Waals surface area contributed by atoms with Crippen molar-refractivity contribution in [1.82, 2.24) is 0 Å². The van der Waals surface area contributed by atoms with Crippen LogP contribution in [0.5, 0.6) is 0 Å². The number of nitrogens with two attached hydrogens (primary N) is 1. The van der Waals surface area contributed by atoms with Crippen LogP contribution >= 0.6 is 0 Å². The van der Waals surface area contributed by atoms with Crippen molar-refractivity contribution in [3.63, 3.8) is 0 Å². The Balaban J connectivity index is 1.58. The second-order valence-electron chi connectivity index (χ2n) is 7.90. The quantitative estimate of drug-likeness (QED) is 0.468. The zero-order valence-electron chi connectivity index (χ0n) is 17.3. The lowest BCUT2D eigenvalue weighted by Gasteiger charge is -2.29. The molecule has 0 saturated carbocycles. The van der Waals surface area contributed by atoms with Gasteiger partial charge in [0.25, 0.3) is 0 Å². The molecule has 1 aliphatic rings. The molecule has 32 heavy (non-hydrogen) atoms. The molecule has 1 heterocycles. The zero-order valence-corrected chi connectivity index (χ0v) is 17.3. The molecule has 3 nitrogen and oxygen atoms in total. The summed E-state index contributed by atoms with van der Waals surface area (Å²) < 4.78 is 66.0. The van der Waals surface area contributed by atoms with Gasteiger partial charge in [0.2, 0.25) is 0 Å². The van der Waals surface area contributed by atoms with Crippen molar-refractivity contribution in [2.75, 3.05) is 13.2 Å². The van der Waals surface area contributed by atoms with Crippen molar-refractivity contribution in [3.8, 4) is 11.1 Å². The van der Waals surface area contributed by atoms with E-state index < -0.39 is 23.2 Å². The first-order chi connectivity index (χ1) is 15.3. The number of rotatable bonds is 7. The first-order valence-electron chi connectivity index (χ1n) is 10.3. The minimum Gasteiger partial charge on any atom is -0.373 e. The molecule has 3 aromatic carbocycles. The largest absolute Gasteiger partial charge is 0.416 e. The Hall–Kier alpha value is -2.74. The maximum atomic E-state index is 13.6. The van der Waals surface area contributed by atoms with Crippen molar-refractivity contribution >= 4 is 0 Å². The van der Waals surface area contributed by atoms with Crippen LogP contribution < -0.4 is 5.73 Å². The van der Waals surface area contributed by atoms with Crippen LogP contribution in [0.1, 0.15) is 28.7 Å². The van der Waals surface area contributed by atoms with Crippen molar-refractivity contribution in [3.05, 3.63) is 94.8 Å². The Kier molecular flexibility index (Phi) is 6.33. The van der Waals surface area contributed by atoms with E-state index in [-0.39, 0.29) is 18.8 Å². The average molecular weight is 445 g/mol. The van der Waals surface area contributed by atoms with Gasteiger partial charge in [0.05, 0.1) is 25.4 Å². The average Bonchev–Trinajstić information content (AvgIpc) is 3.12. The van der Waals surface area contributed by atoms with E-state index in [4.69, 9.17) is 15.2 Å². The van der Waals surface area contributed by atoms with Crippen molar-refractivity contribution in [2.45, 2.75) is 31.4 Å². The number of hydrogen-bond acceptors (Lipinski definition) is 3. The van der Waals surface area contributed by atoms with Crippen LogP contribution in [0, 0.1) is 5.82 Å². The van der Waals surface area contributed by atoms with Gasteiger partial charge in [-0.15, -0.1) is 0 Å². The summed E-state index contributed by atoms with van der Waals surface area (Å²) in [5.74, 6) is -0.515. The Morgan fingerprint density at radius 1 is 0.969 bits per heavy atom. The molecule has 0 spiro atoms. The summed E-state index contributed by atoms with van der Waals surface area (Å²) in [5, 5.41) is 0. The summed E-state index contributed by atoms with van der Waals surface area (Å²) >= 11 is 0. The topological polar surface area (TPSA) is 44.5 Å². The van der Waals surface area contributed by atoms with Gasteiger partial charge in [0.1, 0.15) is 11.4 Å². The first kappa shape index (κ1) is 22.5. The molecule has 1 aliphatic heterocycles. The zero-order chi connectivity index (χ0) is 22.8. The third-order valence-corrected chi connectivity index (χ3v) is 5.64. The van der Waals surface area contributed by atoms with E-state index >= 15 is 0 Å². The maximum absolute atomic E-state index is 13.6. The molecule has 2 N–H and O–H groups in total. The van der Waals surface area contributed by atoms with E-state index in [1.54, 1.807) is 12.1 Å². The minimum absolute atomic E-state index is 0.0515. The molecule has 1 unspecified atom stereocenters. The Bertz CT molecular complexity index is 1100. The summed E-state index contributed by atoms with van der Waals surface area (Å²) in [7, 11) is 0. The molecule has 3 aromatic rings. The van der Waals surface area contributed by atoms with E-state index in [0.717, 1.165) is 23.3 Å². The molecule has 7 heteroatoms. The summed E-state index contributed by atoms with van der Waals surface area (Å²) in [6.45, 7) is 0.925. The third-order valence-electron chi connectivity index (χ3n) is 5.64. The van der Waals surface area contributed by atoms with Gasteiger partial charge in [-0.3, -0.25) is 0 Å². The predicted octanol–water partition coefficient (Wildman–Crippen LogP) is 5.80. The van der Waals surface area contributed by atoms with Crippen molar-refractivity contribution in [2.24, 2.45) is 5.73 Å². The van der Waals surface area contributed by atoms with Gasteiger partial charge < -0.3 is 15.2 Å². The summed E-state index contributed by atoms with van der Waals surface area (Å²) in [5.41, 5.74) is 7.30. The highest BCUT2D eigenvalue weighted by Gasteiger charge is 2.39. The third kappa shape index (κ3) is 4.70. The molecule has 0 aromatic heterocycles. The summed E-state index contributed by atoms with van der Waals surface area (Å²) in [4.78, 5) is 0. The fourth-order valence-electron chi connectivity index (χ4n) is 4.12. The monoisotopic (exact) mass is 445 g/mol. The Labute approximate surface area is 183 Å². The lowest BCUT2D eigenvalue weighted by molar-refractivity contribution is -0.137. The number of halogens is 4. The molecule has 0 amide bonds. The molecule has 0 fully saturated rings. The highest BCUT2D eigenvalue weighted by atomic mass is 19.4. The predicted molar refractivity (Wildman–Crippen MR) is 113 cm³/mol. The highest BCUT2D eigenvalue weighted by molar-refractivity contribution is 5.65. The molecular weight excluding hydrogens is 422 g/mol. The van der Waals surface area contributed by atoms with Gasteiger partial charge in [0.15, 0.2) is 0 Å². The minimum atomic E-state index is -4.54. The van der Waals surface area contributed by atoms with Gasteiger partial charge in [-0.1, -0.05) is 36.4 Å². The van der Waals surface area contributed by atoms with Crippen LogP contribution in [-0.4, -0.2) is 13.2 Å². The summed E-state index contributed by atoms with van der Waals surface area (Å²) in [6.07, 6.45) is -4.01. The molecule has 1 atom stereocenters. The lowest BCUT2D eigenvalue weighted by Crippen LogP contribution is -2.34. The van der Waals surface area contributed by atoms with Gasteiger partial charge >= 0.3 is 6.18 Å². The van der Waals surface area contributed by atoms with E-state index in [2.05, 4.69) is 0 Å². The smallest absolute Gasteiger partial charge is 0.373 e. The van der Waals surface area contributed by atoms with Crippen LogP contribution in [0.4, 0.5) is 17.6 Å². The van der Waals surface area contributed by atoms with Gasteiger partial charge in [0, 0.05) is 0 Å². The highest BCUT2D eigenvalue weighted by Crippen LogP contribution is 2.40. The second-order valence-corrected chi connectivity index (χ2v) is 7.90. The molecule has 168 valence electrons. The van der Waals surface area contributed by atoms with E-state index in [1.165, 1.54) is 18.2 Å². The van der Waals surface area contributed by atoms with Crippen molar-refractivity contribution < 1.29 is 27.0 Å². The fourth-order valence-corrected chi connectivity index (χ4v) is 4.12. The van der Waals surface area contributed by atoms with Crippen LogP contribution in [-0.2, 0) is 34.5 Å². The van der Waals surface area contributed by atoms with Crippen LogP contribution in [0.25, 0.3) is 11.1 Å². The van der Waals surface area contributed by atoms with Gasteiger partial charge in [-0.05, 0) is 71.1 Å². The second kappa shape index (κ2) is 9.02. The van der Waals surface area contributed by atoms with Crippen LogP contribution in [0.15, 0.2) is 66.7 Å². The number of hydrogen-bond donors (Lipinski definition) is 1. The molecule has 0 aliphatic carbocycles. The Morgan fingerprint density at radius 2 is 1.78 bits per heavy atom. The normalized spacial score (nSPS) is 18.0. The number of fused-ring (bicyclic) bond motifs is 1. The maximum Gasteiger partial charge on any atom is 0.416 e. The fraction of sp³-hybridized carbons (Fsp3) is 0.280. The van der Waals surface area contributed by atoms with Gasteiger partial charge in [-0.25, -0.2) is 4.39 Å². The van der Waals surface area contributed by atoms with Crippen molar-refractivity contribution in [1.29, 1.82) is 0 Å². The van der Waals surface area contributed by atoms with Gasteiger partial charge in [-0.2, -0.15) is 13.2 Å².